The molecule has 0 saturated carbocycles. The molecule has 0 saturated heterocycles. The van der Waals surface area contributed by atoms with Crippen LogP contribution in [0.25, 0.3) is 0 Å². The molecule has 1 amide bonds. The largest absolute Gasteiger partial charge is 0.273 e. The second kappa shape index (κ2) is 4.88. The average Bonchev–Trinajstić information content (AvgIpc) is 2.33. The van der Waals surface area contributed by atoms with Gasteiger partial charge in [-0.1, -0.05) is 6.92 Å². The summed E-state index contributed by atoms with van der Waals surface area (Å²) in [6.07, 6.45) is 5.71. The van der Waals surface area contributed by atoms with E-state index in [4.69, 9.17) is 0 Å². The standard InChI is InChI=1S/C12H15N3O/c1-2-9-15-12(16)4-3-11(14-15)10-5-7-13-8-6-10/h5-8H,2-4,9H2,1H3. The predicted molar refractivity (Wildman–Crippen MR) is 62.0 cm³/mol. The molecule has 4 nitrogen and oxygen atoms in total. The number of aromatic nitrogens is 1. The fourth-order valence-electron chi connectivity index (χ4n) is 1.74. The van der Waals surface area contributed by atoms with Crippen LogP contribution in [-0.2, 0) is 4.79 Å². The fourth-order valence-corrected chi connectivity index (χ4v) is 1.74. The van der Waals surface area contributed by atoms with Gasteiger partial charge in [-0.25, -0.2) is 5.01 Å². The minimum atomic E-state index is 0.125. The van der Waals surface area contributed by atoms with Crippen molar-refractivity contribution in [1.29, 1.82) is 0 Å². The number of carbonyl (C=O) groups excluding carboxylic acids is 1. The zero-order valence-corrected chi connectivity index (χ0v) is 9.39. The first-order valence-corrected chi connectivity index (χ1v) is 5.59. The second-order valence-electron chi connectivity index (χ2n) is 3.80. The van der Waals surface area contributed by atoms with Crippen molar-refractivity contribution in [3.63, 3.8) is 0 Å². The third kappa shape index (κ3) is 2.27. The van der Waals surface area contributed by atoms with Gasteiger partial charge >= 0.3 is 0 Å². The number of pyridine rings is 1. The summed E-state index contributed by atoms with van der Waals surface area (Å²) in [6.45, 7) is 2.75. The molecule has 0 radical (unpaired) electrons. The Morgan fingerprint density at radius 2 is 2.06 bits per heavy atom. The maximum atomic E-state index is 11.6. The summed E-state index contributed by atoms with van der Waals surface area (Å²) in [5.41, 5.74) is 2.04. The lowest BCUT2D eigenvalue weighted by Crippen LogP contribution is -2.32. The smallest absolute Gasteiger partial charge is 0.243 e. The van der Waals surface area contributed by atoms with Gasteiger partial charge in [0.25, 0.3) is 0 Å². The molecule has 2 heterocycles. The van der Waals surface area contributed by atoms with Crippen LogP contribution in [0.1, 0.15) is 31.7 Å². The highest BCUT2D eigenvalue weighted by Gasteiger charge is 2.20. The molecular formula is C12H15N3O. The van der Waals surface area contributed by atoms with E-state index in [1.165, 1.54) is 0 Å². The van der Waals surface area contributed by atoms with Crippen LogP contribution in [0.5, 0.6) is 0 Å². The lowest BCUT2D eigenvalue weighted by molar-refractivity contribution is -0.131. The van der Waals surface area contributed by atoms with Gasteiger partial charge in [-0.05, 0) is 18.6 Å². The van der Waals surface area contributed by atoms with Gasteiger partial charge in [0, 0.05) is 37.3 Å². The maximum Gasteiger partial charge on any atom is 0.243 e. The van der Waals surface area contributed by atoms with Crippen LogP contribution in [0.3, 0.4) is 0 Å². The lowest BCUT2D eigenvalue weighted by Gasteiger charge is -2.23. The van der Waals surface area contributed by atoms with E-state index >= 15 is 0 Å². The molecule has 0 atom stereocenters. The van der Waals surface area contributed by atoms with Crippen molar-refractivity contribution in [3.8, 4) is 0 Å². The molecule has 1 aromatic heterocycles. The maximum absolute atomic E-state index is 11.6. The summed E-state index contributed by atoms with van der Waals surface area (Å²) in [5, 5.41) is 5.98. The van der Waals surface area contributed by atoms with Crippen LogP contribution in [0.15, 0.2) is 29.6 Å². The average molecular weight is 217 g/mol. The summed E-state index contributed by atoms with van der Waals surface area (Å²) in [4.78, 5) is 15.5. The molecule has 0 fully saturated rings. The zero-order chi connectivity index (χ0) is 11.4. The Hall–Kier alpha value is -1.71. The molecule has 0 aliphatic carbocycles. The predicted octanol–water partition coefficient (Wildman–Crippen LogP) is 1.82. The Bertz CT molecular complexity index is 400. The molecule has 4 heteroatoms. The van der Waals surface area contributed by atoms with Gasteiger partial charge in [0.1, 0.15) is 0 Å². The molecule has 0 bridgehead atoms. The monoisotopic (exact) mass is 217 g/mol. The first kappa shape index (κ1) is 10.8. The molecular weight excluding hydrogens is 202 g/mol. The van der Waals surface area contributed by atoms with E-state index in [-0.39, 0.29) is 5.91 Å². The summed E-state index contributed by atoms with van der Waals surface area (Å²) in [6, 6.07) is 3.86. The van der Waals surface area contributed by atoms with Crippen LogP contribution < -0.4 is 0 Å². The molecule has 0 spiro atoms. The molecule has 2 rings (SSSR count). The Labute approximate surface area is 95.0 Å². The topological polar surface area (TPSA) is 45.6 Å². The van der Waals surface area contributed by atoms with Crippen molar-refractivity contribution in [3.05, 3.63) is 30.1 Å². The van der Waals surface area contributed by atoms with Crippen LogP contribution >= 0.6 is 0 Å². The van der Waals surface area contributed by atoms with Crippen molar-refractivity contribution in [1.82, 2.24) is 9.99 Å². The zero-order valence-electron chi connectivity index (χ0n) is 9.39. The highest BCUT2D eigenvalue weighted by Crippen LogP contribution is 2.14. The first-order chi connectivity index (χ1) is 7.81. The summed E-state index contributed by atoms with van der Waals surface area (Å²) >= 11 is 0. The number of rotatable bonds is 3. The number of hydrogen-bond acceptors (Lipinski definition) is 3. The van der Waals surface area contributed by atoms with Gasteiger partial charge < -0.3 is 0 Å². The first-order valence-electron chi connectivity index (χ1n) is 5.59. The molecule has 0 unspecified atom stereocenters. The highest BCUT2D eigenvalue weighted by molar-refractivity contribution is 6.04. The van der Waals surface area contributed by atoms with E-state index in [1.807, 2.05) is 19.1 Å². The Morgan fingerprint density at radius 1 is 1.31 bits per heavy atom. The van der Waals surface area contributed by atoms with Crippen molar-refractivity contribution in [2.24, 2.45) is 5.10 Å². The van der Waals surface area contributed by atoms with Gasteiger partial charge in [-0.2, -0.15) is 5.10 Å². The third-order valence-corrected chi connectivity index (χ3v) is 2.55. The molecule has 1 aliphatic rings. The number of nitrogens with zero attached hydrogens (tertiary/aromatic N) is 3. The normalized spacial score (nSPS) is 16.2. The molecule has 0 N–H and O–H groups in total. The van der Waals surface area contributed by atoms with Crippen molar-refractivity contribution < 1.29 is 4.79 Å². The number of amides is 1. The van der Waals surface area contributed by atoms with E-state index < -0.39 is 0 Å². The third-order valence-electron chi connectivity index (χ3n) is 2.55. The van der Waals surface area contributed by atoms with Crippen molar-refractivity contribution in [2.45, 2.75) is 26.2 Å². The van der Waals surface area contributed by atoms with E-state index in [9.17, 15) is 4.79 Å². The molecule has 0 aromatic carbocycles. The molecule has 84 valence electrons. The van der Waals surface area contributed by atoms with Gasteiger partial charge in [0.2, 0.25) is 5.91 Å². The Balaban J connectivity index is 2.22. The number of hydrazone groups is 1. The SMILES string of the molecule is CCCN1N=C(c2ccncc2)CCC1=O. The van der Waals surface area contributed by atoms with Crippen molar-refractivity contribution in [2.75, 3.05) is 6.54 Å². The van der Waals surface area contributed by atoms with Gasteiger partial charge in [0.05, 0.1) is 5.71 Å². The fraction of sp³-hybridized carbons (Fsp3) is 0.417. The van der Waals surface area contributed by atoms with Crippen LogP contribution in [0, 0.1) is 0 Å². The minimum Gasteiger partial charge on any atom is -0.273 e. The Morgan fingerprint density at radius 3 is 2.75 bits per heavy atom. The van der Waals surface area contributed by atoms with E-state index in [0.717, 1.165) is 24.1 Å². The van der Waals surface area contributed by atoms with Gasteiger partial charge in [-0.15, -0.1) is 0 Å². The number of hydrogen-bond donors (Lipinski definition) is 0. The lowest BCUT2D eigenvalue weighted by atomic mass is 10.1. The molecule has 1 aromatic rings. The quantitative estimate of drug-likeness (QED) is 0.775. The van der Waals surface area contributed by atoms with E-state index in [2.05, 4.69) is 10.1 Å². The molecule has 1 aliphatic heterocycles. The van der Waals surface area contributed by atoms with Crippen molar-refractivity contribution >= 4 is 11.6 Å². The van der Waals surface area contributed by atoms with E-state index in [1.54, 1.807) is 17.4 Å². The summed E-state index contributed by atoms with van der Waals surface area (Å²) in [5.74, 6) is 0.125. The van der Waals surface area contributed by atoms with E-state index in [0.29, 0.717) is 13.0 Å². The number of carbonyl (C=O) groups is 1. The molecule has 16 heavy (non-hydrogen) atoms. The second-order valence-corrected chi connectivity index (χ2v) is 3.80. The van der Waals surface area contributed by atoms with Crippen LogP contribution in [0.4, 0.5) is 0 Å². The summed E-state index contributed by atoms with van der Waals surface area (Å²) < 4.78 is 0. The minimum absolute atomic E-state index is 0.125. The van der Waals surface area contributed by atoms with Gasteiger partial charge in [0.15, 0.2) is 0 Å². The van der Waals surface area contributed by atoms with Gasteiger partial charge in [-0.3, -0.25) is 9.78 Å². The summed E-state index contributed by atoms with van der Waals surface area (Å²) in [7, 11) is 0. The van der Waals surface area contributed by atoms with Crippen LogP contribution in [-0.4, -0.2) is 28.2 Å². The Kier molecular flexibility index (Phi) is 3.29. The van der Waals surface area contributed by atoms with Crippen LogP contribution in [0.2, 0.25) is 0 Å². The highest BCUT2D eigenvalue weighted by atomic mass is 16.2.